The molecule has 0 saturated heterocycles. The molecule has 0 spiro atoms. The molecule has 0 heterocycles. The number of hydrogen-bond acceptors (Lipinski definition) is 2. The van der Waals surface area contributed by atoms with E-state index in [4.69, 9.17) is 11.6 Å². The molecule has 0 aromatic heterocycles. The molecule has 0 unspecified atom stereocenters. The summed E-state index contributed by atoms with van der Waals surface area (Å²) in [7, 11) is 3.85. The molecule has 0 atom stereocenters. The molecule has 3 nitrogen and oxygen atoms in total. The molecule has 0 bridgehead atoms. The lowest BCUT2D eigenvalue weighted by Crippen LogP contribution is -2.10. The monoisotopic (exact) mass is 275 g/mol. The van der Waals surface area contributed by atoms with Crippen molar-refractivity contribution < 1.29 is 9.90 Å². The summed E-state index contributed by atoms with van der Waals surface area (Å²) in [6.45, 7) is 0. The minimum atomic E-state index is -0.981. The van der Waals surface area contributed by atoms with Crippen LogP contribution in [-0.2, 0) is 0 Å². The second-order valence-corrected chi connectivity index (χ2v) is 4.84. The van der Waals surface area contributed by atoms with E-state index in [-0.39, 0.29) is 5.56 Å². The van der Waals surface area contributed by atoms with E-state index in [1.165, 1.54) is 6.07 Å². The molecule has 1 N–H and O–H groups in total. The summed E-state index contributed by atoms with van der Waals surface area (Å²) in [4.78, 5) is 13.3. The maximum atomic E-state index is 11.4. The number of aromatic carboxylic acids is 1. The summed E-state index contributed by atoms with van der Waals surface area (Å²) in [5.74, 6) is -0.981. The quantitative estimate of drug-likeness (QED) is 0.927. The lowest BCUT2D eigenvalue weighted by Gasteiger charge is -2.18. The van der Waals surface area contributed by atoms with E-state index in [9.17, 15) is 9.90 Å². The minimum Gasteiger partial charge on any atom is -0.478 e. The fourth-order valence-electron chi connectivity index (χ4n) is 2.02. The van der Waals surface area contributed by atoms with Crippen LogP contribution in [0.1, 0.15) is 10.4 Å². The van der Waals surface area contributed by atoms with Gasteiger partial charge >= 0.3 is 5.97 Å². The van der Waals surface area contributed by atoms with Gasteiger partial charge in [-0.3, -0.25) is 0 Å². The third kappa shape index (κ3) is 2.71. The first kappa shape index (κ1) is 13.4. The van der Waals surface area contributed by atoms with Crippen molar-refractivity contribution >= 4 is 23.3 Å². The lowest BCUT2D eigenvalue weighted by molar-refractivity contribution is 0.0697. The smallest absolute Gasteiger partial charge is 0.336 e. The van der Waals surface area contributed by atoms with Crippen molar-refractivity contribution in [3.8, 4) is 11.1 Å². The summed E-state index contributed by atoms with van der Waals surface area (Å²) in [5, 5.41) is 9.73. The first-order valence-electron chi connectivity index (χ1n) is 5.80. The fraction of sp³-hybridized carbons (Fsp3) is 0.133. The Balaban J connectivity index is 2.69. The Labute approximate surface area is 117 Å². The highest BCUT2D eigenvalue weighted by Crippen LogP contribution is 2.33. The topological polar surface area (TPSA) is 40.5 Å². The minimum absolute atomic E-state index is 0.210. The summed E-state index contributed by atoms with van der Waals surface area (Å²) in [5.41, 5.74) is 2.72. The van der Waals surface area contributed by atoms with E-state index in [0.717, 1.165) is 11.3 Å². The van der Waals surface area contributed by atoms with Gasteiger partial charge in [-0.1, -0.05) is 35.9 Å². The van der Waals surface area contributed by atoms with E-state index in [0.29, 0.717) is 10.6 Å². The van der Waals surface area contributed by atoms with Gasteiger partial charge in [0.1, 0.15) is 0 Å². The van der Waals surface area contributed by atoms with Gasteiger partial charge in [0.05, 0.1) is 5.56 Å². The molecule has 0 amide bonds. The Morgan fingerprint density at radius 1 is 1.11 bits per heavy atom. The molecule has 0 aliphatic carbocycles. The molecule has 19 heavy (non-hydrogen) atoms. The van der Waals surface area contributed by atoms with Crippen molar-refractivity contribution in [3.63, 3.8) is 0 Å². The van der Waals surface area contributed by atoms with Gasteiger partial charge < -0.3 is 10.0 Å². The van der Waals surface area contributed by atoms with E-state index < -0.39 is 5.97 Å². The standard InChI is InChI=1S/C15H14ClNO2/c1-17(2)14-6-4-3-5-12(14)11-8-7-10(16)9-13(11)15(18)19/h3-9H,1-2H3,(H,18,19). The highest BCUT2D eigenvalue weighted by Gasteiger charge is 2.15. The number of rotatable bonds is 3. The van der Waals surface area contributed by atoms with Gasteiger partial charge in [-0.25, -0.2) is 4.79 Å². The maximum absolute atomic E-state index is 11.4. The van der Waals surface area contributed by atoms with Crippen molar-refractivity contribution in [3.05, 3.63) is 53.1 Å². The SMILES string of the molecule is CN(C)c1ccccc1-c1ccc(Cl)cc1C(=O)O. The Morgan fingerprint density at radius 2 is 1.79 bits per heavy atom. The van der Waals surface area contributed by atoms with Gasteiger partial charge in [0.2, 0.25) is 0 Å². The molecule has 0 aliphatic rings. The molecule has 0 radical (unpaired) electrons. The predicted molar refractivity (Wildman–Crippen MR) is 78.2 cm³/mol. The molecule has 0 saturated carbocycles. The van der Waals surface area contributed by atoms with E-state index >= 15 is 0 Å². The van der Waals surface area contributed by atoms with E-state index in [1.54, 1.807) is 12.1 Å². The molecule has 4 heteroatoms. The molecule has 2 rings (SSSR count). The van der Waals surface area contributed by atoms with Crippen molar-refractivity contribution in [2.24, 2.45) is 0 Å². The van der Waals surface area contributed by atoms with Crippen LogP contribution < -0.4 is 4.90 Å². The van der Waals surface area contributed by atoms with E-state index in [2.05, 4.69) is 0 Å². The predicted octanol–water partition coefficient (Wildman–Crippen LogP) is 3.77. The van der Waals surface area contributed by atoms with Crippen molar-refractivity contribution in [1.29, 1.82) is 0 Å². The number of halogens is 1. The Morgan fingerprint density at radius 3 is 2.42 bits per heavy atom. The van der Waals surface area contributed by atoms with Crippen LogP contribution in [0, 0.1) is 0 Å². The highest BCUT2D eigenvalue weighted by molar-refractivity contribution is 6.31. The van der Waals surface area contributed by atoms with Crippen LogP contribution in [0.5, 0.6) is 0 Å². The number of carboxylic acid groups (broad SMARTS) is 1. The molecule has 0 fully saturated rings. The van der Waals surface area contributed by atoms with Crippen LogP contribution in [-0.4, -0.2) is 25.2 Å². The fourth-order valence-corrected chi connectivity index (χ4v) is 2.19. The summed E-state index contributed by atoms with van der Waals surface area (Å²) in [6.07, 6.45) is 0. The van der Waals surface area contributed by atoms with E-state index in [1.807, 2.05) is 43.3 Å². The average molecular weight is 276 g/mol. The van der Waals surface area contributed by atoms with Crippen molar-refractivity contribution in [1.82, 2.24) is 0 Å². The van der Waals surface area contributed by atoms with Crippen LogP contribution in [0.25, 0.3) is 11.1 Å². The third-order valence-corrected chi connectivity index (χ3v) is 3.12. The zero-order valence-corrected chi connectivity index (χ0v) is 11.5. The van der Waals surface area contributed by atoms with Gasteiger partial charge in [0, 0.05) is 30.4 Å². The first-order chi connectivity index (χ1) is 9.00. The first-order valence-corrected chi connectivity index (χ1v) is 6.18. The molecular formula is C15H14ClNO2. The van der Waals surface area contributed by atoms with Gasteiger partial charge in [-0.2, -0.15) is 0 Å². The van der Waals surface area contributed by atoms with Crippen LogP contribution >= 0.6 is 11.6 Å². The van der Waals surface area contributed by atoms with Crippen LogP contribution in [0.3, 0.4) is 0 Å². The summed E-state index contributed by atoms with van der Waals surface area (Å²) in [6, 6.07) is 12.6. The number of para-hydroxylation sites is 1. The zero-order chi connectivity index (χ0) is 14.0. The molecule has 0 aliphatic heterocycles. The Hall–Kier alpha value is -2.00. The maximum Gasteiger partial charge on any atom is 0.336 e. The molecule has 98 valence electrons. The van der Waals surface area contributed by atoms with Crippen LogP contribution in [0.15, 0.2) is 42.5 Å². The number of carbonyl (C=O) groups is 1. The number of anilines is 1. The van der Waals surface area contributed by atoms with Crippen LogP contribution in [0.2, 0.25) is 5.02 Å². The zero-order valence-electron chi connectivity index (χ0n) is 10.7. The van der Waals surface area contributed by atoms with Gasteiger partial charge in [0.15, 0.2) is 0 Å². The molecular weight excluding hydrogens is 262 g/mol. The van der Waals surface area contributed by atoms with Gasteiger partial charge in [-0.15, -0.1) is 0 Å². The van der Waals surface area contributed by atoms with Crippen molar-refractivity contribution in [2.75, 3.05) is 19.0 Å². The van der Waals surface area contributed by atoms with Crippen LogP contribution in [0.4, 0.5) is 5.69 Å². The second kappa shape index (κ2) is 5.33. The summed E-state index contributed by atoms with van der Waals surface area (Å²) < 4.78 is 0. The average Bonchev–Trinajstić information content (AvgIpc) is 2.38. The second-order valence-electron chi connectivity index (χ2n) is 4.41. The third-order valence-electron chi connectivity index (χ3n) is 2.89. The molecule has 2 aromatic rings. The normalized spacial score (nSPS) is 10.3. The molecule has 2 aromatic carbocycles. The number of carboxylic acids is 1. The van der Waals surface area contributed by atoms with Crippen molar-refractivity contribution in [2.45, 2.75) is 0 Å². The summed E-state index contributed by atoms with van der Waals surface area (Å²) >= 11 is 5.88. The largest absolute Gasteiger partial charge is 0.478 e. The van der Waals surface area contributed by atoms with Gasteiger partial charge in [0.25, 0.3) is 0 Å². The van der Waals surface area contributed by atoms with Gasteiger partial charge in [-0.05, 0) is 23.8 Å². The Bertz CT molecular complexity index is 623. The Kier molecular flexibility index (Phi) is 3.76. The highest BCUT2D eigenvalue weighted by atomic mass is 35.5. The number of hydrogen-bond donors (Lipinski definition) is 1. The lowest BCUT2D eigenvalue weighted by atomic mass is 9.98. The number of nitrogens with zero attached hydrogens (tertiary/aromatic N) is 1. The number of benzene rings is 2.